The van der Waals surface area contributed by atoms with Gasteiger partial charge in [0.2, 0.25) is 0 Å². The lowest BCUT2D eigenvalue weighted by atomic mass is 9.93. The Morgan fingerprint density at radius 3 is 2.36 bits per heavy atom. The van der Waals surface area contributed by atoms with Crippen LogP contribution in [0.25, 0.3) is 16.5 Å². The van der Waals surface area contributed by atoms with E-state index in [-0.39, 0.29) is 16.9 Å². The maximum absolute atomic E-state index is 15.0. The van der Waals surface area contributed by atoms with E-state index in [1.165, 1.54) is 29.2 Å². The van der Waals surface area contributed by atoms with Crippen molar-refractivity contribution >= 4 is 45.5 Å². The van der Waals surface area contributed by atoms with Gasteiger partial charge in [0.15, 0.2) is 0 Å². The van der Waals surface area contributed by atoms with Gasteiger partial charge in [0.05, 0.1) is 11.6 Å². The first kappa shape index (κ1) is 20.9. The fourth-order valence-electron chi connectivity index (χ4n) is 4.29. The molecule has 1 amide bonds. The van der Waals surface area contributed by atoms with E-state index in [4.69, 9.17) is 11.6 Å². The Morgan fingerprint density at radius 2 is 1.58 bits per heavy atom. The number of aliphatic hydroxyl groups excluding tert-OH is 1. The summed E-state index contributed by atoms with van der Waals surface area (Å²) in [6.07, 6.45) is 0. The highest BCUT2D eigenvalue weighted by molar-refractivity contribution is 6.52. The molecule has 1 heterocycles. The molecule has 4 aromatic rings. The Kier molecular flexibility index (Phi) is 5.19. The third-order valence-corrected chi connectivity index (χ3v) is 6.01. The number of carbonyl (C=O) groups is 2. The van der Waals surface area contributed by atoms with Crippen LogP contribution in [-0.4, -0.2) is 16.8 Å². The minimum Gasteiger partial charge on any atom is -0.507 e. The predicted octanol–water partition coefficient (Wildman–Crippen LogP) is 6.26. The largest absolute Gasteiger partial charge is 0.507 e. The van der Waals surface area contributed by atoms with Crippen LogP contribution < -0.4 is 4.90 Å². The molecule has 1 atom stereocenters. The van der Waals surface area contributed by atoms with Crippen LogP contribution in [0.2, 0.25) is 5.02 Å². The van der Waals surface area contributed by atoms with Crippen LogP contribution in [0, 0.1) is 5.82 Å². The Balaban J connectivity index is 1.81. The Labute approximate surface area is 194 Å². The molecule has 1 unspecified atom stereocenters. The lowest BCUT2D eigenvalue weighted by molar-refractivity contribution is -0.132. The number of fused-ring (bicyclic) bond motifs is 1. The average molecular weight is 458 g/mol. The summed E-state index contributed by atoms with van der Waals surface area (Å²) >= 11 is 6.13. The van der Waals surface area contributed by atoms with Crippen LogP contribution in [0.3, 0.4) is 0 Å². The third-order valence-electron chi connectivity index (χ3n) is 5.78. The molecular weight excluding hydrogens is 441 g/mol. The van der Waals surface area contributed by atoms with Gasteiger partial charge >= 0.3 is 0 Å². The number of carbonyl (C=O) groups excluding carboxylic acids is 2. The summed E-state index contributed by atoms with van der Waals surface area (Å²) < 4.78 is 15.0. The zero-order valence-corrected chi connectivity index (χ0v) is 18.0. The molecule has 33 heavy (non-hydrogen) atoms. The second kappa shape index (κ2) is 8.19. The number of ketones is 1. The number of aliphatic hydroxyl groups is 1. The number of hydrogen-bond acceptors (Lipinski definition) is 3. The van der Waals surface area contributed by atoms with Crippen LogP contribution in [0.15, 0.2) is 96.6 Å². The van der Waals surface area contributed by atoms with Gasteiger partial charge in [-0.05, 0) is 35.0 Å². The molecule has 0 radical (unpaired) electrons. The Hall–Kier alpha value is -3.96. The maximum atomic E-state index is 15.0. The summed E-state index contributed by atoms with van der Waals surface area (Å²) in [7, 11) is 0. The topological polar surface area (TPSA) is 57.6 Å². The Morgan fingerprint density at radius 1 is 0.879 bits per heavy atom. The van der Waals surface area contributed by atoms with E-state index in [1.54, 1.807) is 36.4 Å². The van der Waals surface area contributed by atoms with E-state index in [0.717, 1.165) is 5.39 Å². The zero-order chi connectivity index (χ0) is 23.1. The minimum atomic E-state index is -1.16. The lowest BCUT2D eigenvalue weighted by Gasteiger charge is -2.26. The van der Waals surface area contributed by atoms with Gasteiger partial charge in [-0.15, -0.1) is 0 Å². The lowest BCUT2D eigenvalue weighted by Crippen LogP contribution is -2.29. The number of anilines is 1. The molecule has 4 aromatic carbocycles. The molecule has 4 nitrogen and oxygen atoms in total. The van der Waals surface area contributed by atoms with E-state index in [9.17, 15) is 19.1 Å². The molecule has 0 bridgehead atoms. The first-order chi connectivity index (χ1) is 16.0. The molecular formula is C27H17ClFNO3. The summed E-state index contributed by atoms with van der Waals surface area (Å²) in [6, 6.07) is 23.8. The molecule has 0 saturated carbocycles. The van der Waals surface area contributed by atoms with Crippen molar-refractivity contribution in [2.45, 2.75) is 6.04 Å². The van der Waals surface area contributed by atoms with Crippen molar-refractivity contribution in [1.82, 2.24) is 0 Å². The van der Waals surface area contributed by atoms with E-state index in [0.29, 0.717) is 21.7 Å². The highest BCUT2D eigenvalue weighted by Gasteiger charge is 2.48. The van der Waals surface area contributed by atoms with Crippen molar-refractivity contribution in [3.63, 3.8) is 0 Å². The van der Waals surface area contributed by atoms with E-state index in [1.807, 2.05) is 30.3 Å². The predicted molar refractivity (Wildman–Crippen MR) is 127 cm³/mol. The zero-order valence-electron chi connectivity index (χ0n) is 17.2. The number of nitrogens with zero attached hydrogens (tertiary/aromatic N) is 1. The van der Waals surface area contributed by atoms with Crippen LogP contribution >= 0.6 is 11.6 Å². The molecule has 0 aromatic heterocycles. The first-order valence-electron chi connectivity index (χ1n) is 10.3. The summed E-state index contributed by atoms with van der Waals surface area (Å²) in [5.41, 5.74) is 0.633. The monoisotopic (exact) mass is 457 g/mol. The molecule has 6 heteroatoms. The van der Waals surface area contributed by atoms with Gasteiger partial charge < -0.3 is 5.11 Å². The fourth-order valence-corrected chi connectivity index (χ4v) is 4.48. The second-order valence-electron chi connectivity index (χ2n) is 7.70. The summed E-state index contributed by atoms with van der Waals surface area (Å²) in [5, 5.41) is 13.3. The summed E-state index contributed by atoms with van der Waals surface area (Å²) in [6.45, 7) is 0. The maximum Gasteiger partial charge on any atom is 0.300 e. The molecule has 162 valence electrons. The van der Waals surface area contributed by atoms with Crippen molar-refractivity contribution in [3.8, 4) is 0 Å². The van der Waals surface area contributed by atoms with Crippen molar-refractivity contribution in [2.24, 2.45) is 0 Å². The summed E-state index contributed by atoms with van der Waals surface area (Å²) in [4.78, 5) is 27.6. The highest BCUT2D eigenvalue weighted by Crippen LogP contribution is 2.43. The third kappa shape index (κ3) is 3.47. The van der Waals surface area contributed by atoms with Crippen molar-refractivity contribution in [2.75, 3.05) is 4.90 Å². The van der Waals surface area contributed by atoms with E-state index < -0.39 is 23.5 Å². The van der Waals surface area contributed by atoms with Crippen LogP contribution in [-0.2, 0) is 9.59 Å². The molecule has 1 saturated heterocycles. The first-order valence-corrected chi connectivity index (χ1v) is 10.6. The number of hydrogen-bond donors (Lipinski definition) is 1. The SMILES string of the molecule is O=C1C(=O)N(c2cccc(Cl)c2)C(c2ccccc2F)/C1=C(\O)c1cccc2ccccc12. The minimum absolute atomic E-state index is 0.0958. The van der Waals surface area contributed by atoms with Gasteiger partial charge in [-0.2, -0.15) is 0 Å². The van der Waals surface area contributed by atoms with Gasteiger partial charge in [-0.25, -0.2) is 4.39 Å². The van der Waals surface area contributed by atoms with Crippen molar-refractivity contribution < 1.29 is 19.1 Å². The van der Waals surface area contributed by atoms with Crippen molar-refractivity contribution in [1.29, 1.82) is 0 Å². The summed E-state index contributed by atoms with van der Waals surface area (Å²) in [5.74, 6) is -2.72. The van der Waals surface area contributed by atoms with Crippen LogP contribution in [0.1, 0.15) is 17.2 Å². The molecule has 1 N–H and O–H groups in total. The van der Waals surface area contributed by atoms with Gasteiger partial charge in [-0.1, -0.05) is 78.3 Å². The van der Waals surface area contributed by atoms with Crippen LogP contribution in [0.5, 0.6) is 0 Å². The molecule has 1 aliphatic rings. The number of amides is 1. The number of rotatable bonds is 3. The molecule has 5 rings (SSSR count). The van der Waals surface area contributed by atoms with E-state index >= 15 is 0 Å². The molecule has 0 aliphatic carbocycles. The van der Waals surface area contributed by atoms with Crippen LogP contribution in [0.4, 0.5) is 10.1 Å². The highest BCUT2D eigenvalue weighted by atomic mass is 35.5. The van der Waals surface area contributed by atoms with Crippen molar-refractivity contribution in [3.05, 3.63) is 119 Å². The Bertz CT molecular complexity index is 1460. The number of benzene rings is 4. The van der Waals surface area contributed by atoms with E-state index in [2.05, 4.69) is 0 Å². The smallest absolute Gasteiger partial charge is 0.300 e. The average Bonchev–Trinajstić information content (AvgIpc) is 3.09. The second-order valence-corrected chi connectivity index (χ2v) is 8.13. The normalized spacial score (nSPS) is 17.6. The van der Waals surface area contributed by atoms with Gasteiger partial charge in [0.1, 0.15) is 11.6 Å². The number of Topliss-reactive ketones (excluding diaryl/α,β-unsaturated/α-hetero) is 1. The number of halogens is 2. The standard InChI is InChI=1S/C27H17ClFNO3/c28-17-9-6-10-18(15-17)30-24(21-12-3-4-14-22(21)29)23(26(32)27(30)33)25(31)20-13-5-8-16-7-1-2-11-19(16)20/h1-15,24,31H/b25-23+. The van der Waals surface area contributed by atoms with Gasteiger partial charge in [0.25, 0.3) is 11.7 Å². The molecule has 1 fully saturated rings. The molecule has 0 spiro atoms. The fraction of sp³-hybridized carbons (Fsp3) is 0.0370. The van der Waals surface area contributed by atoms with Gasteiger partial charge in [0, 0.05) is 21.8 Å². The van der Waals surface area contributed by atoms with Gasteiger partial charge in [-0.3, -0.25) is 14.5 Å². The molecule has 1 aliphatic heterocycles. The quantitative estimate of drug-likeness (QED) is 0.224.